The van der Waals surface area contributed by atoms with Gasteiger partial charge in [0.25, 0.3) is 0 Å². The van der Waals surface area contributed by atoms with Gasteiger partial charge in [-0.15, -0.1) is 12.4 Å². The van der Waals surface area contributed by atoms with E-state index in [2.05, 4.69) is 0 Å². The molecule has 0 bridgehead atoms. The molecule has 0 aliphatic rings. The summed E-state index contributed by atoms with van der Waals surface area (Å²) in [6.45, 7) is 7.38. The zero-order valence-corrected chi connectivity index (χ0v) is 11.5. The van der Waals surface area contributed by atoms with Crippen molar-refractivity contribution >= 4 is 46.5 Å². The van der Waals surface area contributed by atoms with Crippen molar-refractivity contribution in [2.75, 3.05) is 0 Å². The Labute approximate surface area is 105 Å². The molecule has 92 valence electrons. The van der Waals surface area contributed by atoms with Gasteiger partial charge in [-0.2, -0.15) is 0 Å². The fraction of sp³-hybridized carbons (Fsp3) is 0.750. The van der Waals surface area contributed by atoms with Gasteiger partial charge in [-0.25, -0.2) is 9.59 Å². The lowest BCUT2D eigenvalue weighted by molar-refractivity contribution is 0.221. The zero-order valence-electron chi connectivity index (χ0n) is 9.09. The molecule has 0 heterocycles. The maximum absolute atomic E-state index is 9.77. The summed E-state index contributed by atoms with van der Waals surface area (Å²) < 4.78 is 0. The third-order valence-corrected chi connectivity index (χ3v) is 2.02. The average molecular weight is 277 g/mol. The Morgan fingerprint density at radius 1 is 0.867 bits per heavy atom. The normalized spacial score (nSPS) is 8.93. The van der Waals surface area contributed by atoms with Crippen LogP contribution in [0.1, 0.15) is 27.7 Å². The molecule has 15 heavy (non-hydrogen) atoms. The van der Waals surface area contributed by atoms with Crippen LogP contribution in [0.15, 0.2) is 0 Å². The van der Waals surface area contributed by atoms with E-state index < -0.39 is 10.6 Å². The van der Waals surface area contributed by atoms with Crippen molar-refractivity contribution in [2.45, 2.75) is 38.2 Å². The van der Waals surface area contributed by atoms with Crippen LogP contribution in [-0.2, 0) is 0 Å². The Balaban J connectivity index is -0.000000180. The van der Waals surface area contributed by atoms with Gasteiger partial charge in [0.1, 0.15) is 0 Å². The molecule has 7 heteroatoms. The number of hydrogen-bond acceptors (Lipinski definition) is 4. The van der Waals surface area contributed by atoms with E-state index in [0.717, 1.165) is 23.5 Å². The highest BCUT2D eigenvalue weighted by Crippen LogP contribution is 2.08. The molecule has 0 amide bonds. The highest BCUT2D eigenvalue weighted by atomic mass is 35.5. The summed E-state index contributed by atoms with van der Waals surface area (Å²) in [6.07, 6.45) is 0. The molecule has 0 saturated carbocycles. The van der Waals surface area contributed by atoms with Crippen molar-refractivity contribution < 1.29 is 19.8 Å². The van der Waals surface area contributed by atoms with E-state index in [1.54, 1.807) is 0 Å². The minimum atomic E-state index is -0.796. The summed E-state index contributed by atoms with van der Waals surface area (Å²) in [5.41, 5.74) is 0. The first-order valence-electron chi connectivity index (χ1n) is 4.04. The molecule has 2 N–H and O–H groups in total. The Morgan fingerprint density at radius 3 is 1.07 bits per heavy atom. The van der Waals surface area contributed by atoms with Crippen LogP contribution in [0.3, 0.4) is 0 Å². The summed E-state index contributed by atoms with van der Waals surface area (Å²) in [5, 5.41) is 14.9. The lowest BCUT2D eigenvalue weighted by Gasteiger charge is -1.93. The molecule has 4 nitrogen and oxygen atoms in total. The Bertz CT molecular complexity index is 165. The van der Waals surface area contributed by atoms with E-state index >= 15 is 0 Å². The molecule has 0 radical (unpaired) electrons. The predicted molar refractivity (Wildman–Crippen MR) is 68.8 cm³/mol. The fourth-order valence-corrected chi connectivity index (χ4v) is 1.21. The summed E-state index contributed by atoms with van der Waals surface area (Å²) in [4.78, 5) is 19.5. The third-order valence-electron chi connectivity index (χ3n) is 0.673. The molecule has 0 aromatic rings. The first-order chi connectivity index (χ1) is 6.25. The van der Waals surface area contributed by atoms with Crippen LogP contribution in [0.25, 0.3) is 0 Å². The van der Waals surface area contributed by atoms with Crippen molar-refractivity contribution in [1.29, 1.82) is 0 Å². The number of thioether (sulfide) groups is 2. The van der Waals surface area contributed by atoms with Gasteiger partial charge in [0.15, 0.2) is 0 Å². The predicted octanol–water partition coefficient (Wildman–Crippen LogP) is 4.03. The lowest BCUT2D eigenvalue weighted by atomic mass is 10.6. The van der Waals surface area contributed by atoms with Crippen LogP contribution in [-0.4, -0.2) is 31.3 Å². The molecule has 0 rings (SSSR count). The zero-order chi connectivity index (χ0) is 11.7. The van der Waals surface area contributed by atoms with Gasteiger partial charge >= 0.3 is 10.6 Å². The van der Waals surface area contributed by atoms with Gasteiger partial charge in [-0.05, 0) is 23.5 Å². The minimum absolute atomic E-state index is 0. The van der Waals surface area contributed by atoms with Gasteiger partial charge in [0.05, 0.1) is 0 Å². The molecule has 0 aromatic heterocycles. The summed E-state index contributed by atoms with van der Waals surface area (Å²) in [7, 11) is 0. The van der Waals surface area contributed by atoms with Crippen LogP contribution < -0.4 is 0 Å². The number of halogens is 1. The second-order valence-electron chi connectivity index (χ2n) is 2.87. The standard InChI is InChI=1S/2C4H8O2S.ClH/c2*1-3(2)7-4(5)6;/h2*3H,1-2H3,(H,5,6);1H. The average Bonchev–Trinajstić information content (AvgIpc) is 1.79. The molecule has 0 aliphatic heterocycles. The largest absolute Gasteiger partial charge is 0.473 e. The molecule has 0 spiro atoms. The molecular formula is C8H17ClO4S2. The first kappa shape index (κ1) is 20.4. The van der Waals surface area contributed by atoms with Gasteiger partial charge in [0, 0.05) is 10.5 Å². The van der Waals surface area contributed by atoms with Crippen molar-refractivity contribution in [1.82, 2.24) is 0 Å². The Morgan fingerprint density at radius 2 is 1.07 bits per heavy atom. The Hall–Kier alpha value is -0.0700. The molecular weight excluding hydrogens is 260 g/mol. The van der Waals surface area contributed by atoms with Crippen LogP contribution in [0.2, 0.25) is 0 Å². The molecule has 0 aromatic carbocycles. The van der Waals surface area contributed by atoms with E-state index in [-0.39, 0.29) is 22.9 Å². The molecule has 0 fully saturated rings. The number of carboxylic acid groups (broad SMARTS) is 2. The van der Waals surface area contributed by atoms with Crippen molar-refractivity contribution in [2.24, 2.45) is 0 Å². The quantitative estimate of drug-likeness (QED) is 0.793. The summed E-state index contributed by atoms with van der Waals surface area (Å²) in [6, 6.07) is 0. The van der Waals surface area contributed by atoms with Crippen molar-refractivity contribution in [3.8, 4) is 0 Å². The lowest BCUT2D eigenvalue weighted by Crippen LogP contribution is -1.92. The van der Waals surface area contributed by atoms with Crippen molar-refractivity contribution in [3.63, 3.8) is 0 Å². The SMILES string of the molecule is CC(C)SC(=O)O.CC(C)SC(=O)O.Cl. The second-order valence-corrected chi connectivity index (χ2v) is 5.92. The maximum Gasteiger partial charge on any atom is 0.365 e. The fourth-order valence-electron chi connectivity index (χ4n) is 0.403. The van der Waals surface area contributed by atoms with Gasteiger partial charge in [-0.3, -0.25) is 0 Å². The monoisotopic (exact) mass is 276 g/mol. The molecule has 0 atom stereocenters. The molecule has 0 saturated heterocycles. The first-order valence-corrected chi connectivity index (χ1v) is 5.80. The van der Waals surface area contributed by atoms with Crippen LogP contribution in [0.5, 0.6) is 0 Å². The van der Waals surface area contributed by atoms with E-state index in [1.165, 1.54) is 0 Å². The van der Waals surface area contributed by atoms with Crippen molar-refractivity contribution in [3.05, 3.63) is 0 Å². The summed E-state index contributed by atoms with van der Waals surface area (Å²) >= 11 is 1.85. The van der Waals surface area contributed by atoms with Crippen LogP contribution in [0.4, 0.5) is 9.59 Å². The topological polar surface area (TPSA) is 74.6 Å². The highest BCUT2D eigenvalue weighted by Gasteiger charge is 1.99. The third kappa shape index (κ3) is 31.5. The number of hydrogen-bond donors (Lipinski definition) is 2. The van der Waals surface area contributed by atoms with E-state index in [1.807, 2.05) is 27.7 Å². The van der Waals surface area contributed by atoms with Gasteiger partial charge in [-0.1, -0.05) is 27.7 Å². The molecule has 0 aliphatic carbocycles. The Kier molecular flexibility index (Phi) is 16.3. The van der Waals surface area contributed by atoms with E-state index in [0.29, 0.717) is 0 Å². The number of rotatable bonds is 2. The van der Waals surface area contributed by atoms with E-state index in [9.17, 15) is 9.59 Å². The second kappa shape index (κ2) is 12.0. The summed E-state index contributed by atoms with van der Waals surface area (Å²) in [5.74, 6) is 0. The van der Waals surface area contributed by atoms with Crippen LogP contribution >= 0.6 is 35.9 Å². The highest BCUT2D eigenvalue weighted by molar-refractivity contribution is 8.13. The maximum atomic E-state index is 9.77. The number of carbonyl (C=O) groups is 2. The minimum Gasteiger partial charge on any atom is -0.473 e. The van der Waals surface area contributed by atoms with E-state index in [4.69, 9.17) is 10.2 Å². The van der Waals surface area contributed by atoms with Gasteiger partial charge in [0.2, 0.25) is 0 Å². The smallest absolute Gasteiger partial charge is 0.365 e. The van der Waals surface area contributed by atoms with Crippen LogP contribution in [0, 0.1) is 0 Å². The van der Waals surface area contributed by atoms with Gasteiger partial charge < -0.3 is 10.2 Å². The molecule has 0 unspecified atom stereocenters.